The maximum absolute atomic E-state index is 14.6. The molecule has 0 spiro atoms. The number of carbonyl (C=O) groups is 2. The van der Waals surface area contributed by atoms with E-state index in [-0.39, 0.29) is 24.4 Å². The number of rotatable bonds is 7. The van der Waals surface area contributed by atoms with Crippen LogP contribution in [0.25, 0.3) is 0 Å². The lowest BCUT2D eigenvalue weighted by Crippen LogP contribution is -2.49. The maximum atomic E-state index is 14.6. The molecule has 0 amide bonds. The second kappa shape index (κ2) is 11.2. The van der Waals surface area contributed by atoms with Crippen LogP contribution in [-0.2, 0) is 14.3 Å². The smallest absolute Gasteiger partial charge is 0.338 e. The number of esters is 1. The average molecular weight is 599 g/mol. The molecule has 4 rings (SSSR count). The van der Waals surface area contributed by atoms with Crippen LogP contribution in [-0.4, -0.2) is 65.4 Å². The van der Waals surface area contributed by atoms with Crippen molar-refractivity contribution in [3.63, 3.8) is 0 Å². The fourth-order valence-corrected chi connectivity index (χ4v) is 5.55. The number of hydrogen-bond acceptors (Lipinski definition) is 8. The predicted octanol–water partition coefficient (Wildman–Crippen LogP) is 4.16. The Labute approximate surface area is 222 Å². The third-order valence-corrected chi connectivity index (χ3v) is 7.29. The van der Waals surface area contributed by atoms with Gasteiger partial charge < -0.3 is 15.2 Å². The van der Waals surface area contributed by atoms with Gasteiger partial charge in [0.15, 0.2) is 10.8 Å². The number of aliphatic carboxylic acids is 1. The van der Waals surface area contributed by atoms with Crippen LogP contribution in [0.4, 0.5) is 13.2 Å². The molecule has 0 bridgehead atoms. The third-order valence-electron chi connectivity index (χ3n) is 5.82. The van der Waals surface area contributed by atoms with Crippen LogP contribution in [0.15, 0.2) is 62.7 Å². The highest BCUT2D eigenvalue weighted by atomic mass is 79.9. The van der Waals surface area contributed by atoms with Crippen LogP contribution in [0.1, 0.15) is 23.0 Å². The van der Waals surface area contributed by atoms with Gasteiger partial charge in [0.1, 0.15) is 11.9 Å². The minimum absolute atomic E-state index is 0.0848. The first-order valence-electron chi connectivity index (χ1n) is 11.1. The standard InChI is InChI=1S/C24H22BrF3N4O4S/c1-36-23(35)19-17(11-32-10-13(2-5-18(33)34)9-24(27,28)12-32)30-21(22-29-6-7-37-22)31-20(19)15-4-3-14(26)8-16(15)25/h2-8,13,20H,9-12H2,1H3,(H,30,31)(H,33,34)/b5-2+. The lowest BCUT2D eigenvalue weighted by molar-refractivity contribution is -0.136. The van der Waals surface area contributed by atoms with Gasteiger partial charge in [0, 0.05) is 47.3 Å². The number of thiazole rings is 1. The fourth-order valence-electron chi connectivity index (χ4n) is 4.40. The zero-order valence-corrected chi connectivity index (χ0v) is 21.9. The number of methoxy groups -OCH3 is 1. The Hall–Kier alpha value is -3.03. The highest BCUT2D eigenvalue weighted by Crippen LogP contribution is 2.38. The van der Waals surface area contributed by atoms with E-state index in [0.717, 1.165) is 6.08 Å². The van der Waals surface area contributed by atoms with E-state index in [1.54, 1.807) is 11.6 Å². The summed E-state index contributed by atoms with van der Waals surface area (Å²) in [5.41, 5.74) is 0.842. The molecule has 2 aliphatic heterocycles. The number of benzene rings is 1. The molecule has 0 saturated carbocycles. The van der Waals surface area contributed by atoms with E-state index in [0.29, 0.717) is 20.9 Å². The van der Waals surface area contributed by atoms with Crippen LogP contribution in [0.3, 0.4) is 0 Å². The average Bonchev–Trinajstić information content (AvgIpc) is 3.36. The second-order valence-corrected chi connectivity index (χ2v) is 10.3. The molecule has 3 heterocycles. The van der Waals surface area contributed by atoms with E-state index in [4.69, 9.17) is 9.84 Å². The number of carbonyl (C=O) groups excluding carboxylic acids is 1. The second-order valence-electron chi connectivity index (χ2n) is 8.58. The first-order chi connectivity index (χ1) is 17.6. The molecule has 1 saturated heterocycles. The highest BCUT2D eigenvalue weighted by molar-refractivity contribution is 9.10. The molecular weight excluding hydrogens is 577 g/mol. The van der Waals surface area contributed by atoms with E-state index in [2.05, 4.69) is 31.2 Å². The highest BCUT2D eigenvalue weighted by Gasteiger charge is 2.41. The van der Waals surface area contributed by atoms with Gasteiger partial charge in [0.25, 0.3) is 5.92 Å². The van der Waals surface area contributed by atoms with Gasteiger partial charge in [0.2, 0.25) is 0 Å². The Morgan fingerprint density at radius 2 is 2.19 bits per heavy atom. The van der Waals surface area contributed by atoms with Crippen molar-refractivity contribution in [2.75, 3.05) is 26.7 Å². The lowest BCUT2D eigenvalue weighted by atomic mass is 9.92. The van der Waals surface area contributed by atoms with Crippen LogP contribution in [0.2, 0.25) is 0 Å². The Bertz CT molecular complexity index is 1280. The number of aliphatic imine (C=N–C) groups is 1. The van der Waals surface area contributed by atoms with E-state index >= 15 is 0 Å². The molecule has 2 atom stereocenters. The van der Waals surface area contributed by atoms with Gasteiger partial charge >= 0.3 is 11.9 Å². The molecule has 1 aromatic heterocycles. The monoisotopic (exact) mass is 598 g/mol. The summed E-state index contributed by atoms with van der Waals surface area (Å²) in [4.78, 5) is 34.3. The quantitative estimate of drug-likeness (QED) is 0.364. The summed E-state index contributed by atoms with van der Waals surface area (Å²) in [5.74, 6) is -5.89. The summed E-state index contributed by atoms with van der Waals surface area (Å²) < 4.78 is 48.5. The summed E-state index contributed by atoms with van der Waals surface area (Å²) in [7, 11) is 1.20. The molecule has 0 radical (unpaired) electrons. The summed E-state index contributed by atoms with van der Waals surface area (Å²) in [6, 6.07) is 3.03. The molecule has 2 N–H and O–H groups in total. The number of nitrogens with zero attached hydrogens (tertiary/aromatic N) is 3. The molecule has 13 heteroatoms. The van der Waals surface area contributed by atoms with Gasteiger partial charge in [-0.05, 0) is 23.6 Å². The first kappa shape index (κ1) is 27.0. The van der Waals surface area contributed by atoms with Crippen LogP contribution >= 0.6 is 27.3 Å². The van der Waals surface area contributed by atoms with Crippen molar-refractivity contribution in [1.29, 1.82) is 0 Å². The number of hydrogen-bond donors (Lipinski definition) is 2. The number of halogens is 4. The van der Waals surface area contributed by atoms with Gasteiger partial charge in [-0.3, -0.25) is 9.89 Å². The predicted molar refractivity (Wildman–Crippen MR) is 134 cm³/mol. The van der Waals surface area contributed by atoms with Crippen LogP contribution in [0, 0.1) is 11.7 Å². The first-order valence-corrected chi connectivity index (χ1v) is 12.8. The number of amidine groups is 1. The summed E-state index contributed by atoms with van der Waals surface area (Å²) in [5, 5.41) is 14.3. The molecule has 1 fully saturated rings. The third kappa shape index (κ3) is 6.46. The van der Waals surface area contributed by atoms with Crippen molar-refractivity contribution in [3.05, 3.63) is 74.1 Å². The molecule has 196 valence electrons. The Morgan fingerprint density at radius 3 is 2.84 bits per heavy atom. The normalized spacial score (nSPS) is 22.0. The summed E-state index contributed by atoms with van der Waals surface area (Å²) in [6.07, 6.45) is 3.21. The van der Waals surface area contributed by atoms with Crippen molar-refractivity contribution in [2.24, 2.45) is 10.9 Å². The minimum Gasteiger partial charge on any atom is -0.478 e. The number of ether oxygens (including phenoxy) is 1. The topological polar surface area (TPSA) is 104 Å². The Balaban J connectivity index is 1.77. The van der Waals surface area contributed by atoms with Crippen molar-refractivity contribution >= 4 is 45.0 Å². The largest absolute Gasteiger partial charge is 0.478 e. The number of carboxylic acids is 1. The molecule has 37 heavy (non-hydrogen) atoms. The van der Waals surface area contributed by atoms with Crippen LogP contribution < -0.4 is 5.32 Å². The van der Waals surface area contributed by atoms with Gasteiger partial charge in [-0.25, -0.2) is 27.7 Å². The van der Waals surface area contributed by atoms with Crippen LogP contribution in [0.5, 0.6) is 0 Å². The molecule has 1 aromatic carbocycles. The summed E-state index contributed by atoms with van der Waals surface area (Å²) in [6.45, 7) is -0.538. The van der Waals surface area contributed by atoms with E-state index in [9.17, 15) is 22.8 Å². The molecule has 2 aromatic rings. The SMILES string of the molecule is COC(=O)C1=C(CN2CC(/C=C/C(=O)O)CC(F)(F)C2)NC(c2nccs2)=NC1c1ccc(F)cc1Br. The zero-order valence-electron chi connectivity index (χ0n) is 19.5. The summed E-state index contributed by atoms with van der Waals surface area (Å²) >= 11 is 4.63. The van der Waals surface area contributed by atoms with Crippen molar-refractivity contribution in [1.82, 2.24) is 15.2 Å². The Kier molecular flexibility index (Phi) is 8.14. The number of piperidine rings is 1. The van der Waals surface area contributed by atoms with E-state index in [1.807, 2.05) is 0 Å². The molecule has 2 unspecified atom stereocenters. The van der Waals surface area contributed by atoms with Gasteiger partial charge in [-0.1, -0.05) is 28.1 Å². The molecule has 8 nitrogen and oxygen atoms in total. The minimum atomic E-state index is -3.07. The van der Waals surface area contributed by atoms with Crippen molar-refractivity contribution < 1.29 is 32.6 Å². The number of alkyl halides is 2. The number of likely N-dealkylation sites (tertiary alicyclic amines) is 1. The van der Waals surface area contributed by atoms with Gasteiger partial charge in [-0.2, -0.15) is 0 Å². The van der Waals surface area contributed by atoms with Gasteiger partial charge in [-0.15, -0.1) is 11.3 Å². The molecule has 0 aliphatic carbocycles. The van der Waals surface area contributed by atoms with Crippen molar-refractivity contribution in [3.8, 4) is 0 Å². The van der Waals surface area contributed by atoms with Gasteiger partial charge in [0.05, 0.1) is 19.2 Å². The van der Waals surface area contributed by atoms with E-state index in [1.165, 1.54) is 47.6 Å². The van der Waals surface area contributed by atoms with Crippen molar-refractivity contribution in [2.45, 2.75) is 18.4 Å². The fraction of sp³-hybridized carbons (Fsp3) is 0.333. The number of aromatic nitrogens is 1. The molecular formula is C24H22BrF3N4O4S. The number of carboxylic acid groups (broad SMARTS) is 1. The molecule has 2 aliphatic rings. The number of nitrogens with one attached hydrogen (secondary N) is 1. The van der Waals surface area contributed by atoms with E-state index < -0.39 is 48.6 Å². The maximum Gasteiger partial charge on any atom is 0.338 e. The Morgan fingerprint density at radius 1 is 1.41 bits per heavy atom. The lowest BCUT2D eigenvalue weighted by Gasteiger charge is -2.38. The zero-order chi connectivity index (χ0) is 26.7.